The van der Waals surface area contributed by atoms with Gasteiger partial charge in [-0.3, -0.25) is 0 Å². The molecule has 0 aliphatic rings. The first-order valence-corrected chi connectivity index (χ1v) is 9.65. The fourth-order valence-corrected chi connectivity index (χ4v) is 3.14. The number of benzene rings is 3. The highest BCUT2D eigenvalue weighted by atomic mass is 16.5. The fourth-order valence-electron chi connectivity index (χ4n) is 3.14. The summed E-state index contributed by atoms with van der Waals surface area (Å²) < 4.78 is 16.1. The van der Waals surface area contributed by atoms with Gasteiger partial charge in [0.15, 0.2) is 11.5 Å². The molecule has 0 heterocycles. The normalized spacial score (nSPS) is 11.0. The Hall–Kier alpha value is -4.26. The number of ether oxygens (including phenoxy) is 3. The lowest BCUT2D eigenvalue weighted by Crippen LogP contribution is -2.09. The Morgan fingerprint density at radius 1 is 0.938 bits per heavy atom. The van der Waals surface area contributed by atoms with Crippen LogP contribution in [0.3, 0.4) is 0 Å². The van der Waals surface area contributed by atoms with Gasteiger partial charge in [0.2, 0.25) is 0 Å². The summed E-state index contributed by atoms with van der Waals surface area (Å²) in [6.07, 6.45) is 1.47. The highest BCUT2D eigenvalue weighted by Crippen LogP contribution is 2.33. The van der Waals surface area contributed by atoms with Crippen LogP contribution in [0.25, 0.3) is 11.6 Å². The number of aromatic hydroxyl groups is 1. The molecule has 3 aromatic carbocycles. The fraction of sp³-hybridized carbons (Fsp3) is 0.120. The number of carbonyl (C=O) groups excluding carboxylic acids is 1. The van der Waals surface area contributed by atoms with Crippen molar-refractivity contribution >= 4 is 23.6 Å². The summed E-state index contributed by atoms with van der Waals surface area (Å²) in [5.74, 6) is -1.62. The van der Waals surface area contributed by atoms with E-state index in [-0.39, 0.29) is 11.1 Å². The Morgan fingerprint density at radius 2 is 1.69 bits per heavy atom. The van der Waals surface area contributed by atoms with Gasteiger partial charge in [0.1, 0.15) is 17.9 Å². The molecule has 0 aliphatic carbocycles. The molecule has 0 unspecified atom stereocenters. The molecule has 0 radical (unpaired) electrons. The zero-order chi connectivity index (χ0) is 23.1. The van der Waals surface area contributed by atoms with Crippen LogP contribution in [-0.2, 0) is 16.1 Å². The molecule has 0 amide bonds. The van der Waals surface area contributed by atoms with E-state index in [4.69, 9.17) is 14.2 Å². The number of hydrogen-bond donors (Lipinski definition) is 2. The van der Waals surface area contributed by atoms with E-state index in [0.717, 1.165) is 5.56 Å². The lowest BCUT2D eigenvalue weighted by molar-refractivity contribution is -0.133. The lowest BCUT2D eigenvalue weighted by atomic mass is 9.96. The van der Waals surface area contributed by atoms with Gasteiger partial charge in [-0.05, 0) is 35.4 Å². The van der Waals surface area contributed by atoms with Gasteiger partial charge in [0.25, 0.3) is 0 Å². The van der Waals surface area contributed by atoms with Crippen molar-refractivity contribution < 1.29 is 34.0 Å². The second-order valence-electron chi connectivity index (χ2n) is 6.74. The van der Waals surface area contributed by atoms with Crippen LogP contribution < -0.4 is 9.47 Å². The second kappa shape index (κ2) is 10.2. The summed E-state index contributed by atoms with van der Waals surface area (Å²) in [5, 5.41) is 19.6. The molecule has 0 spiro atoms. The van der Waals surface area contributed by atoms with Gasteiger partial charge in [-0.25, -0.2) is 9.59 Å². The summed E-state index contributed by atoms with van der Waals surface area (Å²) in [5.41, 5.74) is 1.13. The number of aromatic carboxylic acids is 1. The van der Waals surface area contributed by atoms with Crippen molar-refractivity contribution in [3.8, 4) is 17.2 Å². The first kappa shape index (κ1) is 22.4. The third kappa shape index (κ3) is 5.07. The maximum Gasteiger partial charge on any atom is 0.340 e. The molecule has 0 aliphatic heterocycles. The van der Waals surface area contributed by atoms with Gasteiger partial charge in [-0.2, -0.15) is 0 Å². The molecular weight excluding hydrogens is 412 g/mol. The van der Waals surface area contributed by atoms with Crippen molar-refractivity contribution in [2.75, 3.05) is 14.2 Å². The van der Waals surface area contributed by atoms with Crippen molar-refractivity contribution in [3.63, 3.8) is 0 Å². The van der Waals surface area contributed by atoms with E-state index < -0.39 is 23.3 Å². The van der Waals surface area contributed by atoms with Gasteiger partial charge in [0.05, 0.1) is 19.8 Å². The highest BCUT2D eigenvalue weighted by molar-refractivity contribution is 6.23. The van der Waals surface area contributed by atoms with E-state index >= 15 is 0 Å². The summed E-state index contributed by atoms with van der Waals surface area (Å²) in [6.45, 7) is 0.309. The van der Waals surface area contributed by atoms with E-state index in [2.05, 4.69) is 0 Å². The average Bonchev–Trinajstić information content (AvgIpc) is 2.81. The number of carboxylic acids is 1. The smallest absolute Gasteiger partial charge is 0.340 e. The molecule has 32 heavy (non-hydrogen) atoms. The van der Waals surface area contributed by atoms with Gasteiger partial charge in [-0.15, -0.1) is 0 Å². The molecule has 0 saturated heterocycles. The number of phenols is 1. The molecule has 0 saturated carbocycles. The number of rotatable bonds is 8. The molecular formula is C25H22O7. The van der Waals surface area contributed by atoms with Gasteiger partial charge >= 0.3 is 11.9 Å². The Morgan fingerprint density at radius 3 is 2.34 bits per heavy atom. The van der Waals surface area contributed by atoms with Crippen LogP contribution in [-0.4, -0.2) is 36.4 Å². The van der Waals surface area contributed by atoms with E-state index in [9.17, 15) is 19.8 Å². The number of methoxy groups -OCH3 is 2. The van der Waals surface area contributed by atoms with Crippen molar-refractivity contribution in [2.24, 2.45) is 0 Å². The first-order valence-electron chi connectivity index (χ1n) is 9.65. The highest BCUT2D eigenvalue weighted by Gasteiger charge is 2.23. The average molecular weight is 434 g/mol. The number of carbonyl (C=O) groups is 2. The maximum absolute atomic E-state index is 12.5. The van der Waals surface area contributed by atoms with Crippen LogP contribution in [0, 0.1) is 0 Å². The third-order valence-corrected chi connectivity index (χ3v) is 4.69. The van der Waals surface area contributed by atoms with E-state index in [1.165, 1.54) is 38.5 Å². The second-order valence-corrected chi connectivity index (χ2v) is 6.74. The lowest BCUT2D eigenvalue weighted by Gasteiger charge is -2.13. The Kier molecular flexibility index (Phi) is 7.13. The number of carboxylic acid groups (broad SMARTS) is 1. The molecule has 0 bridgehead atoms. The first-order chi connectivity index (χ1) is 15.4. The topological polar surface area (TPSA) is 102 Å². The van der Waals surface area contributed by atoms with Crippen LogP contribution in [0.5, 0.6) is 17.2 Å². The molecule has 3 aromatic rings. The minimum atomic E-state index is -1.37. The van der Waals surface area contributed by atoms with Crippen LogP contribution in [0.4, 0.5) is 0 Å². The van der Waals surface area contributed by atoms with E-state index in [0.29, 0.717) is 23.7 Å². The van der Waals surface area contributed by atoms with Crippen LogP contribution >= 0.6 is 0 Å². The summed E-state index contributed by atoms with van der Waals surface area (Å²) >= 11 is 0. The van der Waals surface area contributed by atoms with E-state index in [1.807, 2.05) is 30.3 Å². The van der Waals surface area contributed by atoms with Crippen LogP contribution in [0.1, 0.15) is 27.0 Å². The minimum absolute atomic E-state index is 0.0278. The molecule has 164 valence electrons. The molecule has 0 fully saturated rings. The van der Waals surface area contributed by atoms with E-state index in [1.54, 1.807) is 18.2 Å². The molecule has 7 nitrogen and oxygen atoms in total. The Balaban J connectivity index is 2.04. The van der Waals surface area contributed by atoms with Crippen molar-refractivity contribution in [1.29, 1.82) is 0 Å². The maximum atomic E-state index is 12.5. The SMILES string of the molecule is COC(=O)C(=Cc1ccc(OC)c(OCc2ccccc2)c1)c1cccc(O)c1C(=O)O. The Labute approximate surface area is 185 Å². The summed E-state index contributed by atoms with van der Waals surface area (Å²) in [6, 6.07) is 18.8. The van der Waals surface area contributed by atoms with Gasteiger partial charge in [-0.1, -0.05) is 48.5 Å². The standard InChI is InChI=1S/C25H22O7/c1-30-21-12-11-17(14-22(21)32-15-16-7-4-3-5-8-16)13-19(25(29)31-2)18-9-6-10-20(26)23(18)24(27)28/h3-14,26H,15H2,1-2H3,(H,27,28). The quantitative estimate of drug-likeness (QED) is 0.308. The molecule has 7 heteroatoms. The van der Waals surface area contributed by atoms with Crippen molar-refractivity contribution in [1.82, 2.24) is 0 Å². The van der Waals surface area contributed by atoms with Gasteiger partial charge < -0.3 is 24.4 Å². The largest absolute Gasteiger partial charge is 0.507 e. The van der Waals surface area contributed by atoms with Crippen LogP contribution in [0.15, 0.2) is 66.7 Å². The predicted octanol–water partition coefficient (Wildman–Crippen LogP) is 4.39. The summed E-state index contributed by atoms with van der Waals surface area (Å²) in [4.78, 5) is 24.2. The van der Waals surface area contributed by atoms with Crippen molar-refractivity contribution in [2.45, 2.75) is 6.61 Å². The third-order valence-electron chi connectivity index (χ3n) is 4.69. The number of esters is 1. The Bertz CT molecular complexity index is 1150. The molecule has 2 N–H and O–H groups in total. The number of hydrogen-bond acceptors (Lipinski definition) is 6. The zero-order valence-corrected chi connectivity index (χ0v) is 17.6. The van der Waals surface area contributed by atoms with Crippen molar-refractivity contribution in [3.05, 3.63) is 89.0 Å². The summed E-state index contributed by atoms with van der Waals surface area (Å²) in [7, 11) is 2.72. The van der Waals surface area contributed by atoms with Crippen LogP contribution in [0.2, 0.25) is 0 Å². The molecule has 0 atom stereocenters. The zero-order valence-electron chi connectivity index (χ0n) is 17.6. The molecule has 0 aromatic heterocycles. The minimum Gasteiger partial charge on any atom is -0.507 e. The van der Waals surface area contributed by atoms with Gasteiger partial charge in [0, 0.05) is 5.56 Å². The predicted molar refractivity (Wildman–Crippen MR) is 119 cm³/mol. The molecule has 3 rings (SSSR count). The monoisotopic (exact) mass is 434 g/mol.